The molecule has 1 heterocycles. The van der Waals surface area contributed by atoms with E-state index in [1.165, 1.54) is 6.07 Å². The van der Waals surface area contributed by atoms with Crippen LogP contribution in [0.3, 0.4) is 0 Å². The highest BCUT2D eigenvalue weighted by molar-refractivity contribution is 6.02. The Morgan fingerprint density at radius 3 is 2.38 bits per heavy atom. The number of nitrogens with zero attached hydrogens (tertiary/aromatic N) is 1. The first-order chi connectivity index (χ1) is 12.5. The summed E-state index contributed by atoms with van der Waals surface area (Å²) in [6.45, 7) is 1.43. The van der Waals surface area contributed by atoms with Gasteiger partial charge in [-0.15, -0.1) is 0 Å². The Morgan fingerprint density at radius 2 is 1.73 bits per heavy atom. The quantitative estimate of drug-likeness (QED) is 0.908. The van der Waals surface area contributed by atoms with Crippen LogP contribution in [0.2, 0.25) is 0 Å². The van der Waals surface area contributed by atoms with E-state index in [4.69, 9.17) is 9.47 Å². The molecule has 2 aromatic carbocycles. The Labute approximate surface area is 148 Å². The Hall–Kier alpha value is -3.16. The fraction of sp³-hybridized carbons (Fsp3) is 0.222. The molecule has 0 fully saturated rings. The van der Waals surface area contributed by atoms with E-state index in [-0.39, 0.29) is 0 Å². The van der Waals surface area contributed by atoms with Crippen molar-refractivity contribution in [3.63, 3.8) is 0 Å². The number of hydrogen-bond donors (Lipinski definition) is 1. The molecule has 0 saturated carbocycles. The summed E-state index contributed by atoms with van der Waals surface area (Å²) in [6, 6.07) is 8.05. The highest BCUT2D eigenvalue weighted by Crippen LogP contribution is 2.32. The number of nitrogens with one attached hydrogen (secondary N) is 1. The summed E-state index contributed by atoms with van der Waals surface area (Å²) in [7, 11) is 0. The summed E-state index contributed by atoms with van der Waals surface area (Å²) in [6.07, 6.45) is 0. The normalized spacial score (nSPS) is 12.4. The topological polar surface area (TPSA) is 67.9 Å². The number of fused-ring (bicyclic) bond motifs is 1. The highest BCUT2D eigenvalue weighted by atomic mass is 19.1. The van der Waals surface area contributed by atoms with Crippen molar-refractivity contribution < 1.29 is 27.8 Å². The third kappa shape index (κ3) is 3.74. The lowest BCUT2D eigenvalue weighted by atomic mass is 10.2. The lowest BCUT2D eigenvalue weighted by Crippen LogP contribution is -2.37. The van der Waals surface area contributed by atoms with Gasteiger partial charge >= 0.3 is 0 Å². The van der Waals surface area contributed by atoms with E-state index in [1.54, 1.807) is 18.2 Å². The third-order valence-corrected chi connectivity index (χ3v) is 3.72. The van der Waals surface area contributed by atoms with Crippen molar-refractivity contribution >= 4 is 23.2 Å². The molecule has 6 nitrogen and oxygen atoms in total. The predicted octanol–water partition coefficient (Wildman–Crippen LogP) is 2.73. The minimum Gasteiger partial charge on any atom is -0.486 e. The van der Waals surface area contributed by atoms with Crippen molar-refractivity contribution in [2.45, 2.75) is 6.92 Å². The number of carbonyl (C=O) groups is 2. The zero-order chi connectivity index (χ0) is 18.7. The van der Waals surface area contributed by atoms with Gasteiger partial charge in [-0.3, -0.25) is 14.5 Å². The third-order valence-electron chi connectivity index (χ3n) is 3.72. The van der Waals surface area contributed by atoms with Gasteiger partial charge in [-0.25, -0.2) is 8.78 Å². The van der Waals surface area contributed by atoms with Crippen LogP contribution in [-0.4, -0.2) is 31.6 Å². The van der Waals surface area contributed by atoms with E-state index in [9.17, 15) is 18.4 Å². The summed E-state index contributed by atoms with van der Waals surface area (Å²) in [4.78, 5) is 24.8. The number of rotatable bonds is 4. The maximum atomic E-state index is 13.9. The molecule has 0 aliphatic carbocycles. The molecular formula is C18H16F2N2O4. The van der Waals surface area contributed by atoms with E-state index in [0.29, 0.717) is 30.4 Å². The van der Waals surface area contributed by atoms with Crippen LogP contribution in [0, 0.1) is 11.6 Å². The van der Waals surface area contributed by atoms with Gasteiger partial charge in [0.15, 0.2) is 11.5 Å². The standard InChI is InChI=1S/C18H16F2N2O4/c1-11(23)22(18-13(19)3-2-4-14(18)20)10-17(24)21-12-5-6-15-16(9-12)26-8-7-25-15/h2-6,9H,7-8,10H2,1H3,(H,21,24). The molecule has 0 saturated heterocycles. The summed E-state index contributed by atoms with van der Waals surface area (Å²) in [5.41, 5.74) is -0.144. The van der Waals surface area contributed by atoms with Crippen molar-refractivity contribution in [3.05, 3.63) is 48.0 Å². The molecule has 2 amide bonds. The minimum absolute atomic E-state index is 0.398. The molecule has 2 aromatic rings. The molecule has 1 aliphatic heterocycles. The molecular weight excluding hydrogens is 346 g/mol. The van der Waals surface area contributed by atoms with E-state index in [2.05, 4.69) is 5.32 Å². The van der Waals surface area contributed by atoms with Crippen LogP contribution in [0.25, 0.3) is 0 Å². The van der Waals surface area contributed by atoms with Gasteiger partial charge in [0, 0.05) is 18.7 Å². The molecule has 26 heavy (non-hydrogen) atoms. The van der Waals surface area contributed by atoms with E-state index < -0.39 is 35.7 Å². The zero-order valence-electron chi connectivity index (χ0n) is 13.9. The number of benzene rings is 2. The van der Waals surface area contributed by atoms with Crippen LogP contribution in [-0.2, 0) is 9.59 Å². The van der Waals surface area contributed by atoms with E-state index in [1.807, 2.05) is 0 Å². The van der Waals surface area contributed by atoms with Gasteiger partial charge in [-0.2, -0.15) is 0 Å². The van der Waals surface area contributed by atoms with Gasteiger partial charge in [0.05, 0.1) is 0 Å². The molecule has 1 N–H and O–H groups in total. The maximum Gasteiger partial charge on any atom is 0.244 e. The van der Waals surface area contributed by atoms with Gasteiger partial charge in [-0.1, -0.05) is 6.07 Å². The summed E-state index contributed by atoms with van der Waals surface area (Å²) in [5, 5.41) is 2.57. The van der Waals surface area contributed by atoms with Crippen LogP contribution in [0.4, 0.5) is 20.2 Å². The number of para-hydroxylation sites is 1. The Kier molecular flexibility index (Phi) is 5.01. The Balaban J connectivity index is 1.76. The number of anilines is 2. The average molecular weight is 362 g/mol. The second-order valence-corrected chi connectivity index (χ2v) is 5.58. The largest absolute Gasteiger partial charge is 0.486 e. The van der Waals surface area contributed by atoms with Crippen molar-refractivity contribution in [2.75, 3.05) is 30.0 Å². The molecule has 136 valence electrons. The fourth-order valence-electron chi connectivity index (χ4n) is 2.56. The van der Waals surface area contributed by atoms with Crippen LogP contribution < -0.4 is 19.7 Å². The molecule has 0 atom stereocenters. The van der Waals surface area contributed by atoms with Crippen molar-refractivity contribution in [2.24, 2.45) is 0 Å². The number of ether oxygens (including phenoxy) is 2. The predicted molar refractivity (Wildman–Crippen MR) is 90.4 cm³/mol. The molecule has 1 aliphatic rings. The van der Waals surface area contributed by atoms with Crippen LogP contribution in [0.5, 0.6) is 11.5 Å². The molecule has 3 rings (SSSR count). The lowest BCUT2D eigenvalue weighted by Gasteiger charge is -2.22. The van der Waals surface area contributed by atoms with Crippen molar-refractivity contribution in [1.29, 1.82) is 0 Å². The van der Waals surface area contributed by atoms with Gasteiger partial charge in [-0.05, 0) is 24.3 Å². The second-order valence-electron chi connectivity index (χ2n) is 5.58. The first-order valence-corrected chi connectivity index (χ1v) is 7.87. The van der Waals surface area contributed by atoms with Gasteiger partial charge in [0.2, 0.25) is 11.8 Å². The Morgan fingerprint density at radius 1 is 1.08 bits per heavy atom. The second kappa shape index (κ2) is 7.38. The van der Waals surface area contributed by atoms with E-state index in [0.717, 1.165) is 24.0 Å². The van der Waals surface area contributed by atoms with E-state index >= 15 is 0 Å². The summed E-state index contributed by atoms with van der Waals surface area (Å²) >= 11 is 0. The van der Waals surface area contributed by atoms with Crippen LogP contribution in [0.1, 0.15) is 6.92 Å². The summed E-state index contributed by atoms with van der Waals surface area (Å²) in [5.74, 6) is -2.07. The minimum atomic E-state index is -0.924. The van der Waals surface area contributed by atoms with Gasteiger partial charge in [0.25, 0.3) is 0 Å². The summed E-state index contributed by atoms with van der Waals surface area (Å²) < 4.78 is 38.7. The number of hydrogen-bond acceptors (Lipinski definition) is 4. The monoisotopic (exact) mass is 362 g/mol. The van der Waals surface area contributed by atoms with Crippen LogP contribution in [0.15, 0.2) is 36.4 Å². The smallest absolute Gasteiger partial charge is 0.244 e. The first kappa shape index (κ1) is 17.7. The van der Waals surface area contributed by atoms with Crippen LogP contribution >= 0.6 is 0 Å². The molecule has 0 aromatic heterocycles. The first-order valence-electron chi connectivity index (χ1n) is 7.87. The fourth-order valence-corrected chi connectivity index (χ4v) is 2.56. The number of carbonyl (C=O) groups excluding carboxylic acids is 2. The molecule has 8 heteroatoms. The maximum absolute atomic E-state index is 13.9. The molecule has 0 spiro atoms. The molecule has 0 bridgehead atoms. The Bertz CT molecular complexity index is 837. The molecule has 0 radical (unpaired) electrons. The van der Waals surface area contributed by atoms with Gasteiger partial charge < -0.3 is 14.8 Å². The SMILES string of the molecule is CC(=O)N(CC(=O)Nc1ccc2c(c1)OCCO2)c1c(F)cccc1F. The highest BCUT2D eigenvalue weighted by Gasteiger charge is 2.23. The number of halogens is 2. The number of amides is 2. The van der Waals surface area contributed by atoms with Gasteiger partial charge in [0.1, 0.15) is 37.1 Å². The zero-order valence-corrected chi connectivity index (χ0v) is 13.9. The van der Waals surface area contributed by atoms with Crippen molar-refractivity contribution in [3.8, 4) is 11.5 Å². The lowest BCUT2D eigenvalue weighted by molar-refractivity contribution is -0.120. The molecule has 0 unspecified atom stereocenters. The van der Waals surface area contributed by atoms with Crippen molar-refractivity contribution in [1.82, 2.24) is 0 Å². The average Bonchev–Trinajstić information content (AvgIpc) is 2.60.